The fourth-order valence-corrected chi connectivity index (χ4v) is 2.83. The lowest BCUT2D eigenvalue weighted by Crippen LogP contribution is -2.37. The van der Waals surface area contributed by atoms with Gasteiger partial charge in [-0.05, 0) is 49.9 Å². The molecule has 2 N–H and O–H groups in total. The van der Waals surface area contributed by atoms with E-state index in [4.69, 9.17) is 5.73 Å². The molecule has 1 amide bonds. The van der Waals surface area contributed by atoms with E-state index in [9.17, 15) is 4.79 Å². The Bertz CT molecular complexity index is 413. The predicted molar refractivity (Wildman–Crippen MR) is 75.4 cm³/mol. The summed E-state index contributed by atoms with van der Waals surface area (Å²) in [7, 11) is 0. The van der Waals surface area contributed by atoms with Crippen LogP contribution in [0.1, 0.15) is 33.1 Å². The zero-order valence-corrected chi connectivity index (χ0v) is 11.2. The number of hydrogen-bond acceptors (Lipinski definition) is 2. The number of nitrogen functional groups attached to an aromatic ring is 1. The van der Waals surface area contributed by atoms with Gasteiger partial charge in [-0.1, -0.05) is 13.3 Å². The first kappa shape index (κ1) is 12.9. The summed E-state index contributed by atoms with van der Waals surface area (Å²) in [5.41, 5.74) is 7.37. The second-order valence-electron chi connectivity index (χ2n) is 5.19. The minimum atomic E-state index is 0.197. The van der Waals surface area contributed by atoms with Crippen LogP contribution in [0, 0.1) is 11.8 Å². The van der Waals surface area contributed by atoms with E-state index in [-0.39, 0.29) is 11.8 Å². The molecule has 2 rings (SSSR count). The number of hydrogen-bond donors (Lipinski definition) is 1. The molecule has 0 spiro atoms. The van der Waals surface area contributed by atoms with E-state index >= 15 is 0 Å². The topological polar surface area (TPSA) is 46.3 Å². The van der Waals surface area contributed by atoms with Crippen molar-refractivity contribution in [2.75, 3.05) is 17.2 Å². The lowest BCUT2D eigenvalue weighted by Gasteiger charge is -2.26. The van der Waals surface area contributed by atoms with Gasteiger partial charge in [-0.15, -0.1) is 0 Å². The van der Waals surface area contributed by atoms with E-state index in [1.165, 1.54) is 12.8 Å². The van der Waals surface area contributed by atoms with Crippen molar-refractivity contribution in [3.8, 4) is 0 Å². The van der Waals surface area contributed by atoms with Crippen molar-refractivity contribution in [3.63, 3.8) is 0 Å². The van der Waals surface area contributed by atoms with Gasteiger partial charge in [0.1, 0.15) is 0 Å². The van der Waals surface area contributed by atoms with Gasteiger partial charge in [0, 0.05) is 23.8 Å². The molecule has 2 atom stereocenters. The summed E-state index contributed by atoms with van der Waals surface area (Å²) >= 11 is 0. The predicted octanol–water partition coefficient (Wildman–Crippen LogP) is 3.06. The number of carbonyl (C=O) groups excluding carboxylic acids is 1. The normalized spacial score (nSPS) is 23.0. The summed E-state index contributed by atoms with van der Waals surface area (Å²) in [4.78, 5) is 14.4. The molecule has 3 nitrogen and oxygen atoms in total. The van der Waals surface area contributed by atoms with Gasteiger partial charge in [-0.25, -0.2) is 0 Å². The fourth-order valence-electron chi connectivity index (χ4n) is 2.83. The lowest BCUT2D eigenvalue weighted by molar-refractivity contribution is -0.123. The van der Waals surface area contributed by atoms with Crippen LogP contribution in [-0.2, 0) is 4.79 Å². The van der Waals surface area contributed by atoms with Crippen molar-refractivity contribution in [3.05, 3.63) is 24.3 Å². The van der Waals surface area contributed by atoms with Crippen molar-refractivity contribution >= 4 is 17.3 Å². The molecule has 1 aliphatic rings. The maximum absolute atomic E-state index is 12.6. The molecule has 0 heterocycles. The largest absolute Gasteiger partial charge is 0.399 e. The minimum absolute atomic E-state index is 0.197. The van der Waals surface area contributed by atoms with E-state index in [0.29, 0.717) is 12.5 Å². The maximum Gasteiger partial charge on any atom is 0.230 e. The highest BCUT2D eigenvalue weighted by molar-refractivity contribution is 5.95. The van der Waals surface area contributed by atoms with Crippen LogP contribution in [0.4, 0.5) is 11.4 Å². The van der Waals surface area contributed by atoms with Crippen LogP contribution in [-0.4, -0.2) is 12.5 Å². The summed E-state index contributed by atoms with van der Waals surface area (Å²) in [6.07, 6.45) is 3.39. The maximum atomic E-state index is 12.6. The van der Waals surface area contributed by atoms with Gasteiger partial charge in [0.05, 0.1) is 0 Å². The third kappa shape index (κ3) is 2.50. The second-order valence-corrected chi connectivity index (χ2v) is 5.19. The molecule has 3 heteroatoms. The van der Waals surface area contributed by atoms with Crippen molar-refractivity contribution in [2.24, 2.45) is 11.8 Å². The summed E-state index contributed by atoms with van der Waals surface area (Å²) in [6.45, 7) is 4.92. The van der Waals surface area contributed by atoms with Crippen molar-refractivity contribution < 1.29 is 4.79 Å². The van der Waals surface area contributed by atoms with E-state index < -0.39 is 0 Å². The number of carbonyl (C=O) groups is 1. The molecule has 0 aliphatic heterocycles. The van der Waals surface area contributed by atoms with E-state index in [1.807, 2.05) is 36.1 Å². The van der Waals surface area contributed by atoms with Gasteiger partial charge in [-0.3, -0.25) is 4.79 Å². The van der Waals surface area contributed by atoms with E-state index in [1.54, 1.807) is 0 Å². The summed E-state index contributed by atoms with van der Waals surface area (Å²) in [5, 5.41) is 0. The number of benzene rings is 1. The number of anilines is 2. The van der Waals surface area contributed by atoms with Gasteiger partial charge in [0.15, 0.2) is 0 Å². The Balaban J connectivity index is 2.17. The summed E-state index contributed by atoms with van der Waals surface area (Å²) < 4.78 is 0. The van der Waals surface area contributed by atoms with Gasteiger partial charge in [0.25, 0.3) is 0 Å². The SMILES string of the molecule is CCN(C(=O)C1CCCC1C)c1ccc(N)cc1. The average molecular weight is 246 g/mol. The highest BCUT2D eigenvalue weighted by Crippen LogP contribution is 2.33. The van der Waals surface area contributed by atoms with Crippen molar-refractivity contribution in [2.45, 2.75) is 33.1 Å². The molecule has 98 valence electrons. The molecule has 0 radical (unpaired) electrons. The van der Waals surface area contributed by atoms with Crippen LogP contribution in [0.25, 0.3) is 0 Å². The number of nitrogens with zero attached hydrogens (tertiary/aromatic N) is 1. The lowest BCUT2D eigenvalue weighted by atomic mass is 9.96. The number of nitrogens with two attached hydrogens (primary N) is 1. The average Bonchev–Trinajstić information content (AvgIpc) is 2.78. The zero-order valence-electron chi connectivity index (χ0n) is 11.2. The van der Waals surface area contributed by atoms with Gasteiger partial charge in [0.2, 0.25) is 5.91 Å². The Morgan fingerprint density at radius 2 is 2.00 bits per heavy atom. The minimum Gasteiger partial charge on any atom is -0.399 e. The summed E-state index contributed by atoms with van der Waals surface area (Å²) in [6, 6.07) is 7.55. The first-order valence-corrected chi connectivity index (χ1v) is 6.80. The van der Waals surface area contributed by atoms with Crippen LogP contribution >= 0.6 is 0 Å². The Hall–Kier alpha value is -1.51. The van der Waals surface area contributed by atoms with Crippen LogP contribution in [0.5, 0.6) is 0 Å². The summed E-state index contributed by atoms with van der Waals surface area (Å²) in [5.74, 6) is 0.982. The number of amides is 1. The van der Waals surface area contributed by atoms with Crippen LogP contribution in [0.15, 0.2) is 24.3 Å². The molecule has 1 aromatic rings. The van der Waals surface area contributed by atoms with Gasteiger partial charge < -0.3 is 10.6 Å². The molecule has 18 heavy (non-hydrogen) atoms. The Labute approximate surface area is 109 Å². The Morgan fingerprint density at radius 1 is 1.33 bits per heavy atom. The molecule has 1 fully saturated rings. The molecular formula is C15H22N2O. The van der Waals surface area contributed by atoms with E-state index in [0.717, 1.165) is 17.8 Å². The van der Waals surface area contributed by atoms with Crippen LogP contribution < -0.4 is 10.6 Å². The van der Waals surface area contributed by atoms with Gasteiger partial charge >= 0.3 is 0 Å². The Morgan fingerprint density at radius 3 is 2.50 bits per heavy atom. The fraction of sp³-hybridized carbons (Fsp3) is 0.533. The van der Waals surface area contributed by atoms with Gasteiger partial charge in [-0.2, -0.15) is 0 Å². The standard InChI is InChI=1S/C15H22N2O/c1-3-17(13-9-7-12(16)8-10-13)15(18)14-6-4-5-11(14)2/h7-11,14H,3-6,16H2,1-2H3. The Kier molecular flexibility index (Phi) is 3.90. The third-order valence-electron chi connectivity index (χ3n) is 3.97. The highest BCUT2D eigenvalue weighted by Gasteiger charge is 2.32. The third-order valence-corrected chi connectivity index (χ3v) is 3.97. The second kappa shape index (κ2) is 5.42. The zero-order chi connectivity index (χ0) is 13.1. The van der Waals surface area contributed by atoms with Crippen molar-refractivity contribution in [1.29, 1.82) is 0 Å². The highest BCUT2D eigenvalue weighted by atomic mass is 16.2. The molecule has 2 unspecified atom stereocenters. The molecule has 1 aromatic carbocycles. The molecule has 0 saturated heterocycles. The molecule has 1 saturated carbocycles. The quantitative estimate of drug-likeness (QED) is 0.833. The van der Waals surface area contributed by atoms with E-state index in [2.05, 4.69) is 6.92 Å². The smallest absolute Gasteiger partial charge is 0.230 e. The van der Waals surface area contributed by atoms with Crippen LogP contribution in [0.2, 0.25) is 0 Å². The van der Waals surface area contributed by atoms with Crippen molar-refractivity contribution in [1.82, 2.24) is 0 Å². The molecule has 1 aliphatic carbocycles. The molecule has 0 bridgehead atoms. The molecule has 0 aromatic heterocycles. The first-order valence-electron chi connectivity index (χ1n) is 6.80. The molecular weight excluding hydrogens is 224 g/mol. The van der Waals surface area contributed by atoms with Crippen LogP contribution in [0.3, 0.4) is 0 Å². The number of rotatable bonds is 3. The monoisotopic (exact) mass is 246 g/mol. The first-order chi connectivity index (χ1) is 8.63.